The third kappa shape index (κ3) is 2.29. The van der Waals surface area contributed by atoms with Crippen LogP contribution in [-0.4, -0.2) is 20.8 Å². The molecule has 0 amide bonds. The summed E-state index contributed by atoms with van der Waals surface area (Å²) in [6.07, 6.45) is 3.15. The van der Waals surface area contributed by atoms with Crippen molar-refractivity contribution in [1.29, 1.82) is 0 Å². The van der Waals surface area contributed by atoms with Gasteiger partial charge in [-0.05, 0) is 37.4 Å². The molecule has 18 heavy (non-hydrogen) atoms. The number of ether oxygens (including phenoxy) is 2. The third-order valence-electron chi connectivity index (χ3n) is 3.51. The molecule has 4 heteroatoms. The van der Waals surface area contributed by atoms with Crippen molar-refractivity contribution in [3.05, 3.63) is 22.2 Å². The van der Waals surface area contributed by atoms with Gasteiger partial charge in [-0.2, -0.15) is 0 Å². The molecule has 1 saturated heterocycles. The van der Waals surface area contributed by atoms with Crippen LogP contribution in [0, 0.1) is 0 Å². The SMILES string of the molecule is CCc1cc(OC)c(OC)c(C2CCCN2)c1Cl. The Labute approximate surface area is 113 Å². The van der Waals surface area contributed by atoms with Crippen LogP contribution in [0.3, 0.4) is 0 Å². The van der Waals surface area contributed by atoms with E-state index in [9.17, 15) is 0 Å². The smallest absolute Gasteiger partial charge is 0.166 e. The molecule has 1 aromatic rings. The van der Waals surface area contributed by atoms with Gasteiger partial charge in [0.2, 0.25) is 0 Å². The predicted octanol–water partition coefficient (Wildman–Crippen LogP) is 3.34. The van der Waals surface area contributed by atoms with Gasteiger partial charge in [-0.25, -0.2) is 0 Å². The minimum atomic E-state index is 0.271. The normalized spacial score (nSPS) is 19.0. The highest BCUT2D eigenvalue weighted by molar-refractivity contribution is 6.32. The van der Waals surface area contributed by atoms with Crippen LogP contribution in [-0.2, 0) is 6.42 Å². The van der Waals surface area contributed by atoms with E-state index in [4.69, 9.17) is 21.1 Å². The van der Waals surface area contributed by atoms with Gasteiger partial charge >= 0.3 is 0 Å². The summed E-state index contributed by atoms with van der Waals surface area (Å²) in [5, 5.41) is 4.29. The highest BCUT2D eigenvalue weighted by atomic mass is 35.5. The minimum Gasteiger partial charge on any atom is -0.493 e. The first-order valence-electron chi connectivity index (χ1n) is 6.39. The van der Waals surface area contributed by atoms with Crippen molar-refractivity contribution >= 4 is 11.6 Å². The number of halogens is 1. The molecule has 1 atom stereocenters. The maximum Gasteiger partial charge on any atom is 0.166 e. The van der Waals surface area contributed by atoms with E-state index in [1.165, 1.54) is 6.42 Å². The number of methoxy groups -OCH3 is 2. The molecule has 1 heterocycles. The van der Waals surface area contributed by atoms with Gasteiger partial charge in [0, 0.05) is 11.6 Å². The summed E-state index contributed by atoms with van der Waals surface area (Å²) >= 11 is 6.53. The quantitative estimate of drug-likeness (QED) is 0.909. The molecule has 0 radical (unpaired) electrons. The van der Waals surface area contributed by atoms with Gasteiger partial charge < -0.3 is 14.8 Å². The van der Waals surface area contributed by atoms with Crippen molar-refractivity contribution in [1.82, 2.24) is 5.32 Å². The van der Waals surface area contributed by atoms with Crippen LogP contribution >= 0.6 is 11.6 Å². The third-order valence-corrected chi connectivity index (χ3v) is 3.95. The first-order chi connectivity index (χ1) is 8.72. The molecule has 0 saturated carbocycles. The Balaban J connectivity index is 2.57. The van der Waals surface area contributed by atoms with Crippen molar-refractivity contribution in [2.24, 2.45) is 0 Å². The lowest BCUT2D eigenvalue weighted by atomic mass is 9.99. The van der Waals surface area contributed by atoms with Crippen LogP contribution in [0.1, 0.15) is 36.9 Å². The van der Waals surface area contributed by atoms with Gasteiger partial charge in [-0.1, -0.05) is 18.5 Å². The molecule has 3 nitrogen and oxygen atoms in total. The summed E-state index contributed by atoms with van der Waals surface area (Å²) in [7, 11) is 3.33. The standard InChI is InChI=1S/C14H20ClNO2/c1-4-9-8-11(17-2)14(18-3)12(13(9)15)10-6-5-7-16-10/h8,10,16H,4-7H2,1-3H3. The lowest BCUT2D eigenvalue weighted by molar-refractivity contribution is 0.348. The predicted molar refractivity (Wildman–Crippen MR) is 73.9 cm³/mol. The van der Waals surface area contributed by atoms with Crippen LogP contribution in [0.5, 0.6) is 11.5 Å². The highest BCUT2D eigenvalue weighted by Gasteiger charge is 2.26. The summed E-state index contributed by atoms with van der Waals surface area (Å²) in [5.41, 5.74) is 2.16. The Morgan fingerprint density at radius 2 is 2.17 bits per heavy atom. The molecule has 0 aliphatic carbocycles. The molecular weight excluding hydrogens is 250 g/mol. The van der Waals surface area contributed by atoms with Crippen molar-refractivity contribution in [3.8, 4) is 11.5 Å². The van der Waals surface area contributed by atoms with Crippen molar-refractivity contribution < 1.29 is 9.47 Å². The number of benzene rings is 1. The number of hydrogen-bond donors (Lipinski definition) is 1. The van der Waals surface area contributed by atoms with Crippen molar-refractivity contribution in [2.75, 3.05) is 20.8 Å². The molecule has 2 rings (SSSR count). The number of aryl methyl sites for hydroxylation is 1. The fraction of sp³-hybridized carbons (Fsp3) is 0.571. The number of rotatable bonds is 4. The summed E-state index contributed by atoms with van der Waals surface area (Å²) in [5.74, 6) is 1.53. The van der Waals surface area contributed by atoms with Gasteiger partial charge in [0.25, 0.3) is 0 Å². The Morgan fingerprint density at radius 1 is 1.39 bits per heavy atom. The summed E-state index contributed by atoms with van der Waals surface area (Å²) in [6.45, 7) is 3.13. The zero-order chi connectivity index (χ0) is 13.1. The molecule has 1 unspecified atom stereocenters. The summed E-state index contributed by atoms with van der Waals surface area (Å²) in [4.78, 5) is 0. The van der Waals surface area contributed by atoms with Gasteiger partial charge in [0.15, 0.2) is 11.5 Å². The minimum absolute atomic E-state index is 0.271. The Kier molecular flexibility index (Phi) is 4.36. The zero-order valence-electron chi connectivity index (χ0n) is 11.2. The molecule has 0 spiro atoms. The van der Waals surface area contributed by atoms with E-state index in [0.29, 0.717) is 0 Å². The monoisotopic (exact) mass is 269 g/mol. The van der Waals surface area contributed by atoms with E-state index in [-0.39, 0.29) is 6.04 Å². The lowest BCUT2D eigenvalue weighted by Crippen LogP contribution is -2.15. The van der Waals surface area contributed by atoms with E-state index in [1.54, 1.807) is 14.2 Å². The maximum absolute atomic E-state index is 6.53. The highest BCUT2D eigenvalue weighted by Crippen LogP contribution is 2.44. The largest absolute Gasteiger partial charge is 0.493 e. The maximum atomic E-state index is 6.53. The van der Waals surface area contributed by atoms with Gasteiger partial charge in [0.05, 0.1) is 19.2 Å². The molecule has 0 bridgehead atoms. The second-order valence-corrected chi connectivity index (χ2v) is 4.88. The van der Waals surface area contributed by atoms with E-state index in [1.807, 2.05) is 6.07 Å². The summed E-state index contributed by atoms with van der Waals surface area (Å²) in [6, 6.07) is 2.24. The van der Waals surface area contributed by atoms with Crippen molar-refractivity contribution in [2.45, 2.75) is 32.2 Å². The molecule has 1 fully saturated rings. The molecule has 1 aromatic carbocycles. The summed E-state index contributed by atoms with van der Waals surface area (Å²) < 4.78 is 10.9. The van der Waals surface area contributed by atoms with E-state index < -0.39 is 0 Å². The zero-order valence-corrected chi connectivity index (χ0v) is 11.9. The fourth-order valence-electron chi connectivity index (χ4n) is 2.55. The van der Waals surface area contributed by atoms with Crippen LogP contribution in [0.25, 0.3) is 0 Å². The van der Waals surface area contributed by atoms with Crippen molar-refractivity contribution in [3.63, 3.8) is 0 Å². The van der Waals surface area contributed by atoms with Gasteiger partial charge in [-0.3, -0.25) is 0 Å². The first kappa shape index (κ1) is 13.5. The molecule has 100 valence electrons. The van der Waals surface area contributed by atoms with Crippen LogP contribution < -0.4 is 14.8 Å². The van der Waals surface area contributed by atoms with Gasteiger partial charge in [0.1, 0.15) is 0 Å². The van der Waals surface area contributed by atoms with Crippen LogP contribution in [0.2, 0.25) is 5.02 Å². The molecule has 1 N–H and O–H groups in total. The number of hydrogen-bond acceptors (Lipinski definition) is 3. The van der Waals surface area contributed by atoms with Crippen LogP contribution in [0.15, 0.2) is 6.07 Å². The van der Waals surface area contributed by atoms with Gasteiger partial charge in [-0.15, -0.1) is 0 Å². The molecule has 0 aromatic heterocycles. The Bertz CT molecular complexity index is 428. The molecule has 1 aliphatic heterocycles. The first-order valence-corrected chi connectivity index (χ1v) is 6.77. The van der Waals surface area contributed by atoms with E-state index >= 15 is 0 Å². The average Bonchev–Trinajstić information content (AvgIpc) is 2.91. The average molecular weight is 270 g/mol. The van der Waals surface area contributed by atoms with Crippen LogP contribution in [0.4, 0.5) is 0 Å². The lowest BCUT2D eigenvalue weighted by Gasteiger charge is -2.21. The fourth-order valence-corrected chi connectivity index (χ4v) is 2.96. The second kappa shape index (κ2) is 5.81. The topological polar surface area (TPSA) is 30.5 Å². The Morgan fingerprint density at radius 3 is 2.67 bits per heavy atom. The second-order valence-electron chi connectivity index (χ2n) is 4.50. The molecular formula is C14H20ClNO2. The number of nitrogens with one attached hydrogen (secondary N) is 1. The molecule has 1 aliphatic rings. The Hall–Kier alpha value is -0.930. The van der Waals surface area contributed by atoms with E-state index in [2.05, 4.69) is 12.2 Å². The van der Waals surface area contributed by atoms with E-state index in [0.717, 1.165) is 47.0 Å².